The van der Waals surface area contributed by atoms with Crippen molar-refractivity contribution in [1.82, 2.24) is 0 Å². The van der Waals surface area contributed by atoms with Gasteiger partial charge in [0.25, 0.3) is 0 Å². The van der Waals surface area contributed by atoms with Gasteiger partial charge in [-0.1, -0.05) is 22.9 Å². The van der Waals surface area contributed by atoms with E-state index in [4.69, 9.17) is 4.74 Å². The van der Waals surface area contributed by atoms with Crippen LogP contribution >= 0.6 is 15.9 Å². The molecular formula is C13H17BrO2. The lowest BCUT2D eigenvalue weighted by atomic mass is 9.96. The van der Waals surface area contributed by atoms with Crippen molar-refractivity contribution in [3.8, 4) is 0 Å². The largest absolute Gasteiger partial charge is 0.385 e. The average molecular weight is 285 g/mol. The molecule has 0 spiro atoms. The van der Waals surface area contributed by atoms with Gasteiger partial charge in [0.1, 0.15) is 0 Å². The zero-order valence-corrected chi connectivity index (χ0v) is 11.5. The summed E-state index contributed by atoms with van der Waals surface area (Å²) in [6.07, 6.45) is 0.765. The number of hydrogen-bond acceptors (Lipinski definition) is 2. The van der Waals surface area contributed by atoms with Crippen LogP contribution in [0, 0.1) is 12.8 Å². The molecule has 0 amide bonds. The van der Waals surface area contributed by atoms with Crippen molar-refractivity contribution < 1.29 is 9.53 Å². The van der Waals surface area contributed by atoms with Crippen molar-refractivity contribution >= 4 is 21.7 Å². The van der Waals surface area contributed by atoms with Crippen LogP contribution in [-0.2, 0) is 4.74 Å². The van der Waals surface area contributed by atoms with Crippen molar-refractivity contribution in [1.29, 1.82) is 0 Å². The normalized spacial score (nSPS) is 12.5. The molecule has 3 heteroatoms. The molecule has 2 nitrogen and oxygen atoms in total. The van der Waals surface area contributed by atoms with Crippen molar-refractivity contribution in [3.63, 3.8) is 0 Å². The Balaban J connectivity index is 2.79. The Bertz CT molecular complexity index is 354. The van der Waals surface area contributed by atoms with Gasteiger partial charge < -0.3 is 4.74 Å². The quantitative estimate of drug-likeness (QED) is 0.772. The minimum atomic E-state index is 0.00801. The van der Waals surface area contributed by atoms with E-state index >= 15 is 0 Å². The molecule has 0 aliphatic carbocycles. The second-order valence-electron chi connectivity index (χ2n) is 4.06. The monoisotopic (exact) mass is 284 g/mol. The number of ether oxygens (including phenoxy) is 1. The van der Waals surface area contributed by atoms with Crippen LogP contribution in [0.4, 0.5) is 0 Å². The van der Waals surface area contributed by atoms with Crippen LogP contribution in [0.25, 0.3) is 0 Å². The summed E-state index contributed by atoms with van der Waals surface area (Å²) < 4.78 is 5.94. The lowest BCUT2D eigenvalue weighted by molar-refractivity contribution is 0.0893. The first-order valence-electron chi connectivity index (χ1n) is 5.35. The third kappa shape index (κ3) is 3.72. The predicted octanol–water partition coefficient (Wildman–Crippen LogP) is 3.61. The van der Waals surface area contributed by atoms with Crippen molar-refractivity contribution in [3.05, 3.63) is 33.8 Å². The number of halogens is 1. The second-order valence-corrected chi connectivity index (χ2v) is 4.98. The molecule has 1 rings (SSSR count). The highest BCUT2D eigenvalue weighted by atomic mass is 79.9. The van der Waals surface area contributed by atoms with Gasteiger partial charge in [-0.25, -0.2) is 0 Å². The van der Waals surface area contributed by atoms with Crippen LogP contribution in [0.15, 0.2) is 22.7 Å². The molecule has 0 saturated carbocycles. The van der Waals surface area contributed by atoms with E-state index in [1.165, 1.54) is 0 Å². The first kappa shape index (κ1) is 13.4. The number of aryl methyl sites for hydroxylation is 1. The molecule has 0 aliphatic heterocycles. The summed E-state index contributed by atoms with van der Waals surface area (Å²) >= 11 is 3.41. The van der Waals surface area contributed by atoms with E-state index in [9.17, 15) is 4.79 Å². The number of carbonyl (C=O) groups excluding carboxylic acids is 1. The van der Waals surface area contributed by atoms with Crippen LogP contribution in [0.2, 0.25) is 0 Å². The Morgan fingerprint density at radius 1 is 1.44 bits per heavy atom. The minimum absolute atomic E-state index is 0.00801. The highest BCUT2D eigenvalue weighted by Gasteiger charge is 2.15. The van der Waals surface area contributed by atoms with E-state index in [0.29, 0.717) is 6.61 Å². The Morgan fingerprint density at radius 2 is 2.12 bits per heavy atom. The number of benzene rings is 1. The molecule has 0 heterocycles. The molecule has 0 N–H and O–H groups in total. The molecule has 0 aliphatic rings. The number of rotatable bonds is 5. The van der Waals surface area contributed by atoms with Gasteiger partial charge in [-0.2, -0.15) is 0 Å². The van der Waals surface area contributed by atoms with Crippen molar-refractivity contribution in [2.24, 2.45) is 5.92 Å². The molecule has 1 aromatic carbocycles. The van der Waals surface area contributed by atoms with Gasteiger partial charge >= 0.3 is 0 Å². The Labute approximate surface area is 105 Å². The molecular weight excluding hydrogens is 268 g/mol. The molecule has 0 bridgehead atoms. The van der Waals surface area contributed by atoms with Crippen LogP contribution in [0.3, 0.4) is 0 Å². The summed E-state index contributed by atoms with van der Waals surface area (Å²) in [6.45, 7) is 4.55. The fraction of sp³-hybridized carbons (Fsp3) is 0.462. The van der Waals surface area contributed by atoms with Crippen LogP contribution in [0.1, 0.15) is 29.3 Å². The summed E-state index contributed by atoms with van der Waals surface area (Å²) in [5, 5.41) is 0. The molecule has 0 fully saturated rings. The average Bonchev–Trinajstić information content (AvgIpc) is 2.23. The lowest BCUT2D eigenvalue weighted by Crippen LogP contribution is -2.13. The number of hydrogen-bond donors (Lipinski definition) is 0. The zero-order valence-electron chi connectivity index (χ0n) is 9.92. The Hall–Kier alpha value is -0.670. The first-order valence-corrected chi connectivity index (χ1v) is 6.14. The molecule has 1 aromatic rings. The van der Waals surface area contributed by atoms with E-state index < -0.39 is 0 Å². The van der Waals surface area contributed by atoms with Crippen molar-refractivity contribution in [2.45, 2.75) is 20.3 Å². The summed E-state index contributed by atoms with van der Waals surface area (Å²) in [4.78, 5) is 12.1. The van der Waals surface area contributed by atoms with E-state index in [2.05, 4.69) is 15.9 Å². The maximum Gasteiger partial charge on any atom is 0.165 e. The maximum absolute atomic E-state index is 12.1. The molecule has 0 saturated heterocycles. The molecule has 16 heavy (non-hydrogen) atoms. The summed E-state index contributed by atoms with van der Waals surface area (Å²) in [5.74, 6) is 0.190. The SMILES string of the molecule is COCCC(C)C(=O)c1cc(C)cc(Br)c1. The molecule has 88 valence electrons. The van der Waals surface area contributed by atoms with Crippen LogP contribution in [-0.4, -0.2) is 19.5 Å². The van der Waals surface area contributed by atoms with Crippen molar-refractivity contribution in [2.75, 3.05) is 13.7 Å². The minimum Gasteiger partial charge on any atom is -0.385 e. The van der Waals surface area contributed by atoms with Gasteiger partial charge in [0.05, 0.1) is 0 Å². The smallest absolute Gasteiger partial charge is 0.165 e. The standard InChI is InChI=1S/C13H17BrO2/c1-9-6-11(8-12(14)7-9)13(15)10(2)4-5-16-3/h6-8,10H,4-5H2,1-3H3. The number of Topliss-reactive ketones (excluding diaryl/α,β-unsaturated/α-hetero) is 1. The third-order valence-electron chi connectivity index (χ3n) is 2.53. The molecule has 0 radical (unpaired) electrons. The number of carbonyl (C=O) groups is 1. The van der Waals surface area contributed by atoms with Gasteiger partial charge in [0.15, 0.2) is 5.78 Å². The summed E-state index contributed by atoms with van der Waals surface area (Å²) in [7, 11) is 1.65. The van der Waals surface area contributed by atoms with Gasteiger partial charge in [0.2, 0.25) is 0 Å². The van der Waals surface area contributed by atoms with E-state index in [0.717, 1.165) is 22.0 Å². The van der Waals surface area contributed by atoms with Gasteiger partial charge in [-0.3, -0.25) is 4.79 Å². The molecule has 0 aromatic heterocycles. The van der Waals surface area contributed by atoms with E-state index in [-0.39, 0.29) is 11.7 Å². The van der Waals surface area contributed by atoms with Gasteiger partial charge in [-0.05, 0) is 37.1 Å². The fourth-order valence-corrected chi connectivity index (χ4v) is 2.20. The van der Waals surface area contributed by atoms with E-state index in [1.807, 2.05) is 32.0 Å². The second kappa shape index (κ2) is 6.16. The highest BCUT2D eigenvalue weighted by Crippen LogP contribution is 2.19. The summed E-state index contributed by atoms with van der Waals surface area (Å²) in [6, 6.07) is 5.80. The zero-order chi connectivity index (χ0) is 12.1. The fourth-order valence-electron chi connectivity index (χ4n) is 1.59. The lowest BCUT2D eigenvalue weighted by Gasteiger charge is -2.10. The van der Waals surface area contributed by atoms with Gasteiger partial charge in [-0.15, -0.1) is 0 Å². The van der Waals surface area contributed by atoms with Crippen LogP contribution < -0.4 is 0 Å². The Kier molecular flexibility index (Phi) is 5.16. The highest BCUT2D eigenvalue weighted by molar-refractivity contribution is 9.10. The number of ketones is 1. The maximum atomic E-state index is 12.1. The van der Waals surface area contributed by atoms with E-state index in [1.54, 1.807) is 7.11 Å². The predicted molar refractivity (Wildman–Crippen MR) is 68.9 cm³/mol. The topological polar surface area (TPSA) is 26.3 Å². The van der Waals surface area contributed by atoms with Crippen LogP contribution in [0.5, 0.6) is 0 Å². The first-order chi connectivity index (χ1) is 7.54. The summed E-state index contributed by atoms with van der Waals surface area (Å²) in [5.41, 5.74) is 1.87. The molecule has 1 unspecified atom stereocenters. The van der Waals surface area contributed by atoms with Gasteiger partial charge in [0, 0.05) is 29.7 Å². The number of methoxy groups -OCH3 is 1. The third-order valence-corrected chi connectivity index (χ3v) is 2.99. The Morgan fingerprint density at radius 3 is 2.69 bits per heavy atom. The molecule has 1 atom stereocenters.